The Morgan fingerprint density at radius 1 is 0.520 bits per heavy atom. The second kappa shape index (κ2) is 37.7. The lowest BCUT2D eigenvalue weighted by Crippen LogP contribution is -2.45. The van der Waals surface area contributed by atoms with Crippen LogP contribution in [0.25, 0.3) is 0 Å². The van der Waals surface area contributed by atoms with Crippen molar-refractivity contribution in [3.63, 3.8) is 0 Å². The molecule has 10 rings (SSSR count). The van der Waals surface area contributed by atoms with Crippen LogP contribution in [0.15, 0.2) is 148 Å². The molecule has 3 aliphatic heterocycles. The summed E-state index contributed by atoms with van der Waals surface area (Å²) in [6.45, 7) is 22.4. The number of aliphatic hydroxyl groups excluding tert-OH is 1. The molecule has 0 aliphatic carbocycles. The molecule has 538 valence electrons. The average Bonchev–Trinajstić information content (AvgIpc) is 1.65. The van der Waals surface area contributed by atoms with E-state index >= 15 is 0 Å². The number of hydrogen-bond donors (Lipinski definition) is 4. The van der Waals surface area contributed by atoms with Gasteiger partial charge in [0.1, 0.15) is 48.6 Å². The van der Waals surface area contributed by atoms with E-state index in [0.717, 1.165) is 104 Å². The van der Waals surface area contributed by atoms with Gasteiger partial charge in [-0.3, -0.25) is 19.8 Å². The summed E-state index contributed by atoms with van der Waals surface area (Å²) >= 11 is 10.2. The highest BCUT2D eigenvalue weighted by molar-refractivity contribution is 9.11. The van der Waals surface area contributed by atoms with Crippen LogP contribution >= 0.6 is 47.8 Å². The molecular weight excluding hydrogens is 1480 g/mol. The molecule has 0 saturated heterocycles. The molecule has 0 spiro atoms. The monoisotopic (exact) mass is 1570 g/mol. The van der Waals surface area contributed by atoms with Crippen LogP contribution in [0.2, 0.25) is 0 Å². The number of nitrogens with one attached hydrogen (secondary N) is 2. The standard InChI is InChI=1S/C21H25NO4.C20H24N2O4.C14H19BrO3.C13H17NO3.C9H8Br2O2/c1-21(2)14-26-19-11-16(20(23)25-4)7-8-17(19)13-22(21)12-15-5-9-18(24-3)10-6-15;1-20(2)13-26-18-10-15(19(23)21-24)6-7-16(18)12-22(20)11-14-4-8-17(25-3)9-5-14;1-14(2,9-16)7-6-10-4-5-11(8-12(10)15)13(17)18-3;1-13(2)8-17-11-6-9(12(15)16-3)4-5-10(11)7-14-13;1-13-9(12)6-2-3-7(5-10)8(11)4-6/h5-11H,12-14H2,1-4H3;4-10,24H,11-13H2,1-3H3,(H,21,23);4-5,8,16H,6-7,9H2,1-3H3;4-6,14H,7-8H2,1-3H3;2-4H,5H2,1H3. The number of benzene rings is 7. The number of amides is 1. The molecule has 20 nitrogen and oxygen atoms in total. The molecule has 3 heterocycles. The zero-order chi connectivity index (χ0) is 73.5. The highest BCUT2D eigenvalue weighted by Gasteiger charge is 2.34. The number of halogens is 3. The largest absolute Gasteiger partial charge is 0.497 e. The number of ether oxygens (including phenoxy) is 9. The van der Waals surface area contributed by atoms with Crippen molar-refractivity contribution in [1.29, 1.82) is 0 Å². The van der Waals surface area contributed by atoms with Crippen LogP contribution in [-0.2, 0) is 63.4 Å². The van der Waals surface area contributed by atoms with E-state index in [0.29, 0.717) is 59.9 Å². The van der Waals surface area contributed by atoms with Gasteiger partial charge in [0.2, 0.25) is 0 Å². The summed E-state index contributed by atoms with van der Waals surface area (Å²) in [5, 5.41) is 22.2. The van der Waals surface area contributed by atoms with Crippen LogP contribution in [-0.4, -0.2) is 136 Å². The smallest absolute Gasteiger partial charge is 0.337 e. The number of fused-ring (bicyclic) bond motifs is 3. The number of nitrogens with zero attached hydrogens (tertiary/aromatic N) is 2. The molecular formula is C77H93Br3N4O16. The third-order valence-electron chi connectivity index (χ3n) is 17.0. The van der Waals surface area contributed by atoms with Crippen molar-refractivity contribution in [3.05, 3.63) is 215 Å². The summed E-state index contributed by atoms with van der Waals surface area (Å²) in [5.74, 6) is 1.98. The van der Waals surface area contributed by atoms with Crippen LogP contribution in [0.5, 0.6) is 28.7 Å². The molecule has 0 aromatic heterocycles. The van der Waals surface area contributed by atoms with E-state index in [9.17, 15) is 29.1 Å². The van der Waals surface area contributed by atoms with Crippen LogP contribution in [0, 0.1) is 5.41 Å². The summed E-state index contributed by atoms with van der Waals surface area (Å²) in [6.07, 6.45) is 1.75. The first kappa shape index (κ1) is 81.1. The molecule has 0 atom stereocenters. The van der Waals surface area contributed by atoms with E-state index in [1.54, 1.807) is 80.4 Å². The van der Waals surface area contributed by atoms with Gasteiger partial charge in [-0.1, -0.05) is 116 Å². The SMILES string of the molecule is COC(=O)c1ccc(CBr)c(Br)c1.COC(=O)c1ccc(CCC(C)(C)CO)c(Br)c1.COC(=O)c1ccc2c(c1)OCC(C)(C)N(Cc1ccc(OC)cc1)C2.COC(=O)c1ccc2c(c1)OCC(C)(C)NC2.COc1ccc(CN2Cc3ccc(C(=O)NO)cc3OCC2(C)C)cc1. The summed E-state index contributed by atoms with van der Waals surface area (Å²) in [5.41, 5.74) is 11.4. The van der Waals surface area contributed by atoms with E-state index in [-0.39, 0.29) is 52.5 Å². The molecule has 1 amide bonds. The van der Waals surface area contributed by atoms with E-state index < -0.39 is 5.91 Å². The van der Waals surface area contributed by atoms with Crippen molar-refractivity contribution in [2.45, 2.75) is 123 Å². The number of alkyl halides is 1. The van der Waals surface area contributed by atoms with Crippen molar-refractivity contribution in [1.82, 2.24) is 20.6 Å². The number of esters is 4. The van der Waals surface area contributed by atoms with Crippen molar-refractivity contribution in [3.8, 4) is 28.7 Å². The van der Waals surface area contributed by atoms with Gasteiger partial charge in [0.05, 0.1) is 76.0 Å². The van der Waals surface area contributed by atoms with E-state index in [2.05, 4.69) is 143 Å². The molecule has 3 aliphatic rings. The maximum absolute atomic E-state index is 11.8. The first-order valence-electron chi connectivity index (χ1n) is 32.2. The number of hydrogen-bond acceptors (Lipinski definition) is 19. The Kier molecular flexibility index (Phi) is 30.6. The van der Waals surface area contributed by atoms with Crippen molar-refractivity contribution < 1.29 is 76.9 Å². The Morgan fingerprint density at radius 2 is 0.890 bits per heavy atom. The zero-order valence-corrected chi connectivity index (χ0v) is 64.2. The predicted octanol–water partition coefficient (Wildman–Crippen LogP) is 14.7. The molecule has 0 saturated carbocycles. The maximum atomic E-state index is 11.8. The number of hydroxylamine groups is 1. The Labute approximate surface area is 612 Å². The first-order chi connectivity index (χ1) is 47.4. The average molecular weight is 1570 g/mol. The number of carbonyl (C=O) groups is 5. The molecule has 0 unspecified atom stereocenters. The number of rotatable bonds is 16. The van der Waals surface area contributed by atoms with Gasteiger partial charge in [-0.15, -0.1) is 0 Å². The van der Waals surface area contributed by atoms with E-state index in [1.807, 2.05) is 68.4 Å². The molecule has 100 heavy (non-hydrogen) atoms. The summed E-state index contributed by atoms with van der Waals surface area (Å²) in [7, 11) is 8.83. The van der Waals surface area contributed by atoms with Gasteiger partial charge in [-0.2, -0.15) is 0 Å². The van der Waals surface area contributed by atoms with Crippen LogP contribution < -0.4 is 34.5 Å². The number of carbonyl (C=O) groups excluding carboxylic acids is 5. The van der Waals surface area contributed by atoms with Gasteiger partial charge in [0.25, 0.3) is 5.91 Å². The third kappa shape index (κ3) is 23.6. The Balaban J connectivity index is 0.000000201. The van der Waals surface area contributed by atoms with Gasteiger partial charge in [0.15, 0.2) is 0 Å². The zero-order valence-electron chi connectivity index (χ0n) is 59.4. The Morgan fingerprint density at radius 3 is 1.28 bits per heavy atom. The van der Waals surface area contributed by atoms with E-state index in [1.165, 1.54) is 39.6 Å². The van der Waals surface area contributed by atoms with Gasteiger partial charge in [-0.05, 0) is 167 Å². The quantitative estimate of drug-likeness (QED) is 0.0231. The molecule has 0 radical (unpaired) electrons. The van der Waals surface area contributed by atoms with Crippen molar-refractivity contribution in [2.24, 2.45) is 5.41 Å². The van der Waals surface area contributed by atoms with E-state index in [4.69, 9.17) is 33.6 Å². The van der Waals surface area contributed by atoms with Crippen LogP contribution in [0.4, 0.5) is 0 Å². The second-order valence-corrected chi connectivity index (χ2v) is 28.8. The number of aryl methyl sites for hydroxylation is 1. The first-order valence-corrected chi connectivity index (χ1v) is 35.0. The highest BCUT2D eigenvalue weighted by atomic mass is 79.9. The topological polar surface area (TPSA) is 239 Å². The second-order valence-electron chi connectivity index (χ2n) is 26.6. The molecule has 7 aromatic carbocycles. The van der Waals surface area contributed by atoms with Crippen molar-refractivity contribution in [2.75, 3.05) is 69.1 Å². The summed E-state index contributed by atoms with van der Waals surface area (Å²) < 4.78 is 48.8. The number of aliphatic hydroxyl groups is 1. The van der Waals surface area contributed by atoms with Gasteiger partial charge in [0, 0.05) is 81.4 Å². The minimum Gasteiger partial charge on any atom is -0.497 e. The van der Waals surface area contributed by atoms with Crippen LogP contribution in [0.1, 0.15) is 153 Å². The van der Waals surface area contributed by atoms with Gasteiger partial charge in [-0.25, -0.2) is 24.7 Å². The fourth-order valence-electron chi connectivity index (χ4n) is 10.2. The highest BCUT2D eigenvalue weighted by Crippen LogP contribution is 2.35. The Hall–Kier alpha value is -7.87. The third-order valence-corrected chi connectivity index (χ3v) is 19.1. The number of methoxy groups -OCH3 is 6. The minimum atomic E-state index is -0.546. The molecule has 23 heteroatoms. The lowest BCUT2D eigenvalue weighted by molar-refractivity contribution is 0.0590. The Bertz CT molecular complexity index is 3770. The summed E-state index contributed by atoms with van der Waals surface area (Å²) in [6, 6.07) is 43.2. The van der Waals surface area contributed by atoms with Crippen molar-refractivity contribution >= 4 is 77.6 Å². The van der Waals surface area contributed by atoms with Gasteiger partial charge < -0.3 is 53.1 Å². The maximum Gasteiger partial charge on any atom is 0.337 e. The van der Waals surface area contributed by atoms with Crippen LogP contribution in [0.3, 0.4) is 0 Å². The fraction of sp³-hybridized carbons (Fsp3) is 0.390. The molecule has 0 bridgehead atoms. The normalized spacial score (nSPS) is 14.7. The van der Waals surface area contributed by atoms with Gasteiger partial charge >= 0.3 is 23.9 Å². The fourth-order valence-corrected chi connectivity index (χ4v) is 12.2. The lowest BCUT2D eigenvalue weighted by Gasteiger charge is -2.36. The lowest BCUT2D eigenvalue weighted by atomic mass is 9.87. The minimum absolute atomic E-state index is 0.0650. The summed E-state index contributed by atoms with van der Waals surface area (Å²) in [4.78, 5) is 62.0. The molecule has 4 N–H and O–H groups in total. The predicted molar refractivity (Wildman–Crippen MR) is 394 cm³/mol. The molecule has 7 aromatic rings. The molecule has 0 fully saturated rings.